The molecule has 0 aliphatic heterocycles. The first-order valence-electron chi connectivity index (χ1n) is 6.06. The van der Waals surface area contributed by atoms with E-state index in [0.717, 1.165) is 11.3 Å². The summed E-state index contributed by atoms with van der Waals surface area (Å²) in [5.41, 5.74) is 2.66. The summed E-state index contributed by atoms with van der Waals surface area (Å²) in [5.74, 6) is 0. The second-order valence-corrected chi connectivity index (χ2v) is 4.33. The average Bonchev–Trinajstić information content (AvgIpc) is 2.89. The van der Waals surface area contributed by atoms with Crippen LogP contribution in [0.5, 0.6) is 0 Å². The maximum absolute atomic E-state index is 9.06. The van der Waals surface area contributed by atoms with E-state index in [2.05, 4.69) is 43.0 Å². The number of rotatable bonds is 2. The zero-order valence-corrected chi connectivity index (χ0v) is 10.4. The summed E-state index contributed by atoms with van der Waals surface area (Å²) in [4.78, 5) is 0. The summed E-state index contributed by atoms with van der Waals surface area (Å²) in [6.45, 7) is 3.77. The largest absolute Gasteiger partial charge is 0.308 e. The van der Waals surface area contributed by atoms with Gasteiger partial charge in [0.15, 0.2) is 0 Å². The fourth-order valence-corrected chi connectivity index (χ4v) is 2.32. The van der Waals surface area contributed by atoms with Crippen LogP contribution in [0.4, 0.5) is 0 Å². The first kappa shape index (κ1) is 11.3. The number of hydrogen-bond donors (Lipinski definition) is 0. The van der Waals surface area contributed by atoms with Crippen LogP contribution in [-0.2, 0) is 0 Å². The third-order valence-corrected chi connectivity index (χ3v) is 3.26. The lowest BCUT2D eigenvalue weighted by atomic mass is 10.1. The minimum atomic E-state index is 0.596. The van der Waals surface area contributed by atoms with Gasteiger partial charge in [-0.15, -0.1) is 0 Å². The summed E-state index contributed by atoms with van der Waals surface area (Å²) in [6, 6.07) is 20.5. The van der Waals surface area contributed by atoms with E-state index in [0.29, 0.717) is 5.69 Å². The molecule has 0 atom stereocenters. The molecule has 0 aliphatic carbocycles. The molecule has 0 N–H and O–H groups in total. The van der Waals surface area contributed by atoms with Gasteiger partial charge in [0.1, 0.15) is 11.8 Å². The van der Waals surface area contributed by atoms with Crippen LogP contribution in [0, 0.1) is 11.3 Å². The molecule has 2 nitrogen and oxygen atoms in total. The molecule has 2 aromatic carbocycles. The fraction of sp³-hybridized carbons (Fsp3) is 0. The van der Waals surface area contributed by atoms with E-state index in [1.165, 1.54) is 10.8 Å². The highest BCUT2D eigenvalue weighted by Gasteiger charge is 2.07. The van der Waals surface area contributed by atoms with Crippen molar-refractivity contribution in [2.75, 3.05) is 0 Å². The molecule has 0 fully saturated rings. The molecule has 0 spiro atoms. The summed E-state index contributed by atoms with van der Waals surface area (Å²) in [6.07, 6.45) is 1.67. The molecule has 2 heteroatoms. The summed E-state index contributed by atoms with van der Waals surface area (Å²) >= 11 is 0. The highest BCUT2D eigenvalue weighted by atomic mass is 15.0. The van der Waals surface area contributed by atoms with Gasteiger partial charge in [-0.2, -0.15) is 5.26 Å². The van der Waals surface area contributed by atoms with Gasteiger partial charge in [-0.05, 0) is 34.5 Å². The van der Waals surface area contributed by atoms with Gasteiger partial charge in [0.05, 0.1) is 5.69 Å². The topological polar surface area (TPSA) is 28.7 Å². The molecular formula is C17H12N2. The van der Waals surface area contributed by atoms with Crippen molar-refractivity contribution in [1.29, 1.82) is 5.26 Å². The monoisotopic (exact) mass is 244 g/mol. The lowest BCUT2D eigenvalue weighted by Gasteiger charge is -2.06. The Morgan fingerprint density at radius 3 is 2.53 bits per heavy atom. The molecule has 90 valence electrons. The van der Waals surface area contributed by atoms with Crippen molar-refractivity contribution >= 4 is 17.0 Å². The zero-order chi connectivity index (χ0) is 13.2. The number of hydrogen-bond acceptors (Lipinski definition) is 1. The van der Waals surface area contributed by atoms with Gasteiger partial charge < -0.3 is 4.57 Å². The number of nitrogens with zero attached hydrogens (tertiary/aromatic N) is 2. The molecule has 3 aromatic rings. The van der Waals surface area contributed by atoms with Crippen LogP contribution in [0.2, 0.25) is 0 Å². The molecule has 19 heavy (non-hydrogen) atoms. The minimum absolute atomic E-state index is 0.596. The molecule has 0 bridgehead atoms. The van der Waals surface area contributed by atoms with Crippen LogP contribution in [0.15, 0.2) is 61.2 Å². The van der Waals surface area contributed by atoms with Crippen molar-refractivity contribution in [2.45, 2.75) is 0 Å². The van der Waals surface area contributed by atoms with E-state index in [1.807, 2.05) is 28.8 Å². The Morgan fingerprint density at radius 1 is 1.00 bits per heavy atom. The van der Waals surface area contributed by atoms with E-state index in [-0.39, 0.29) is 0 Å². The van der Waals surface area contributed by atoms with Crippen molar-refractivity contribution in [3.8, 4) is 17.3 Å². The maximum Gasteiger partial charge on any atom is 0.124 e. The SMILES string of the molecule is C=Cn1c(C#N)ccc1-c1ccc2ccccc2c1. The Labute approximate surface area is 111 Å². The molecule has 0 saturated heterocycles. The molecular weight excluding hydrogens is 232 g/mol. The van der Waals surface area contributed by atoms with Gasteiger partial charge in [0.25, 0.3) is 0 Å². The molecule has 3 rings (SSSR count). The standard InChI is InChI=1S/C17H12N2/c1-2-19-16(12-18)9-10-17(19)15-8-7-13-5-3-4-6-14(13)11-15/h2-11H,1H2. The van der Waals surface area contributed by atoms with Crippen molar-refractivity contribution < 1.29 is 0 Å². The van der Waals surface area contributed by atoms with Crippen molar-refractivity contribution in [3.63, 3.8) is 0 Å². The quantitative estimate of drug-likeness (QED) is 0.661. The lowest BCUT2D eigenvalue weighted by molar-refractivity contribution is 1.14. The first-order chi connectivity index (χ1) is 9.33. The molecule has 1 aromatic heterocycles. The third-order valence-electron chi connectivity index (χ3n) is 3.26. The summed E-state index contributed by atoms with van der Waals surface area (Å²) in [7, 11) is 0. The van der Waals surface area contributed by atoms with Crippen LogP contribution in [0.3, 0.4) is 0 Å². The highest BCUT2D eigenvalue weighted by molar-refractivity contribution is 5.87. The predicted molar refractivity (Wildman–Crippen MR) is 78.5 cm³/mol. The molecule has 0 amide bonds. The van der Waals surface area contributed by atoms with E-state index >= 15 is 0 Å². The second kappa shape index (κ2) is 4.47. The van der Waals surface area contributed by atoms with Gasteiger partial charge in [0, 0.05) is 6.20 Å². The van der Waals surface area contributed by atoms with Crippen molar-refractivity contribution in [2.24, 2.45) is 0 Å². The van der Waals surface area contributed by atoms with Gasteiger partial charge in [-0.3, -0.25) is 0 Å². The predicted octanol–water partition coefficient (Wildman–Crippen LogP) is 4.28. The molecule has 0 saturated carbocycles. The normalized spacial score (nSPS) is 10.3. The average molecular weight is 244 g/mol. The molecule has 0 unspecified atom stereocenters. The Morgan fingerprint density at radius 2 is 1.79 bits per heavy atom. The van der Waals surface area contributed by atoms with E-state index in [9.17, 15) is 0 Å². The van der Waals surface area contributed by atoms with E-state index in [4.69, 9.17) is 5.26 Å². The number of benzene rings is 2. The molecule has 0 aliphatic rings. The third kappa shape index (κ3) is 1.82. The summed E-state index contributed by atoms with van der Waals surface area (Å²) in [5, 5.41) is 11.5. The number of fused-ring (bicyclic) bond motifs is 1. The Balaban J connectivity index is 2.22. The summed E-state index contributed by atoms with van der Waals surface area (Å²) < 4.78 is 1.81. The van der Waals surface area contributed by atoms with Crippen LogP contribution < -0.4 is 0 Å². The number of aromatic nitrogens is 1. The van der Waals surface area contributed by atoms with Gasteiger partial charge in [-0.1, -0.05) is 43.0 Å². The lowest BCUT2D eigenvalue weighted by Crippen LogP contribution is -1.92. The Kier molecular flexibility index (Phi) is 2.66. The maximum atomic E-state index is 9.06. The zero-order valence-electron chi connectivity index (χ0n) is 10.4. The van der Waals surface area contributed by atoms with Gasteiger partial charge in [0.2, 0.25) is 0 Å². The van der Waals surface area contributed by atoms with Crippen LogP contribution in [-0.4, -0.2) is 4.57 Å². The molecule has 1 heterocycles. The number of nitriles is 1. The van der Waals surface area contributed by atoms with Crippen LogP contribution in [0.1, 0.15) is 5.69 Å². The first-order valence-corrected chi connectivity index (χ1v) is 6.06. The van der Waals surface area contributed by atoms with Crippen molar-refractivity contribution in [3.05, 3.63) is 66.9 Å². The van der Waals surface area contributed by atoms with Gasteiger partial charge in [-0.25, -0.2) is 0 Å². The van der Waals surface area contributed by atoms with Crippen molar-refractivity contribution in [1.82, 2.24) is 4.57 Å². The second-order valence-electron chi connectivity index (χ2n) is 4.33. The van der Waals surface area contributed by atoms with E-state index in [1.54, 1.807) is 6.20 Å². The van der Waals surface area contributed by atoms with Crippen LogP contribution >= 0.6 is 0 Å². The smallest absolute Gasteiger partial charge is 0.124 e. The van der Waals surface area contributed by atoms with Gasteiger partial charge >= 0.3 is 0 Å². The minimum Gasteiger partial charge on any atom is -0.308 e. The van der Waals surface area contributed by atoms with E-state index < -0.39 is 0 Å². The Hall–Kier alpha value is -2.79. The fourth-order valence-electron chi connectivity index (χ4n) is 2.32. The van der Waals surface area contributed by atoms with Crippen LogP contribution in [0.25, 0.3) is 28.2 Å². The molecule has 0 radical (unpaired) electrons. The highest BCUT2D eigenvalue weighted by Crippen LogP contribution is 2.26. The Bertz CT molecular complexity index is 803.